The molecule has 2 aromatic heterocycles. The molecule has 0 fully saturated rings. The molecule has 1 unspecified atom stereocenters. The lowest BCUT2D eigenvalue weighted by Gasteiger charge is -2.37. The van der Waals surface area contributed by atoms with Crippen molar-refractivity contribution in [1.82, 2.24) is 24.6 Å². The number of carbonyl (C=O) groups excluding carboxylic acids is 1. The average molecular weight is 541 g/mol. The summed E-state index contributed by atoms with van der Waals surface area (Å²) in [6.07, 6.45) is 4.73. The van der Waals surface area contributed by atoms with Crippen LogP contribution in [0.25, 0.3) is 0 Å². The third kappa shape index (κ3) is 4.15. The first-order chi connectivity index (χ1) is 17.8. The lowest BCUT2D eigenvalue weighted by molar-refractivity contribution is -0.0730. The van der Waals surface area contributed by atoms with Crippen molar-refractivity contribution in [1.29, 1.82) is 0 Å². The summed E-state index contributed by atoms with van der Waals surface area (Å²) in [5, 5.41) is 5.66. The van der Waals surface area contributed by atoms with Crippen LogP contribution in [0.4, 0.5) is 5.82 Å². The van der Waals surface area contributed by atoms with Gasteiger partial charge in [0.05, 0.1) is 40.9 Å². The standard InChI is InChI=1S/C26H29ClN6O3S/c1-31(2)24(34)21-12-16-14-32(10-5-11-33(16)30-21)23-18-15-36-26(13-22(18)28-25(29-23)37(3)35)9-8-17-19(26)6-4-7-20(17)27/h4,6-7,12H,5,8-11,13-15H2,1-3H3/t26-,37?/m0/s1. The lowest BCUT2D eigenvalue weighted by Crippen LogP contribution is -2.36. The smallest absolute Gasteiger partial charge is 0.273 e. The fourth-order valence-corrected chi connectivity index (χ4v) is 6.45. The van der Waals surface area contributed by atoms with Crippen LogP contribution in [0, 0.1) is 0 Å². The molecule has 1 aliphatic carbocycles. The predicted octanol–water partition coefficient (Wildman–Crippen LogP) is 3.09. The highest BCUT2D eigenvalue weighted by molar-refractivity contribution is 7.84. The summed E-state index contributed by atoms with van der Waals surface area (Å²) in [5.41, 5.74) is 4.99. The maximum absolute atomic E-state index is 12.6. The molecule has 3 aromatic rings. The maximum atomic E-state index is 12.6. The number of amides is 1. The van der Waals surface area contributed by atoms with Gasteiger partial charge in [0, 0.05) is 50.4 Å². The first-order valence-corrected chi connectivity index (χ1v) is 14.4. The summed E-state index contributed by atoms with van der Waals surface area (Å²) in [6, 6.07) is 7.86. The molecule has 1 spiro atoms. The second kappa shape index (κ2) is 9.18. The van der Waals surface area contributed by atoms with Crippen molar-refractivity contribution in [3.05, 3.63) is 63.1 Å². The Labute approximate surface area is 223 Å². The maximum Gasteiger partial charge on any atom is 0.273 e. The number of hydrogen-bond donors (Lipinski definition) is 0. The van der Waals surface area contributed by atoms with Gasteiger partial charge in [0.25, 0.3) is 5.91 Å². The van der Waals surface area contributed by atoms with Gasteiger partial charge in [-0.3, -0.25) is 13.7 Å². The predicted molar refractivity (Wildman–Crippen MR) is 140 cm³/mol. The van der Waals surface area contributed by atoms with Crippen LogP contribution in [0.3, 0.4) is 0 Å². The van der Waals surface area contributed by atoms with Crippen LogP contribution in [-0.2, 0) is 53.7 Å². The van der Waals surface area contributed by atoms with Gasteiger partial charge in [-0.15, -0.1) is 0 Å². The number of ether oxygens (including phenoxy) is 1. The van der Waals surface area contributed by atoms with Crippen LogP contribution >= 0.6 is 11.6 Å². The van der Waals surface area contributed by atoms with Crippen molar-refractivity contribution in [3.8, 4) is 0 Å². The third-order valence-electron chi connectivity index (χ3n) is 7.58. The molecule has 11 heteroatoms. The van der Waals surface area contributed by atoms with E-state index < -0.39 is 16.4 Å². The number of fused-ring (bicyclic) bond motifs is 4. The Morgan fingerprint density at radius 3 is 2.84 bits per heavy atom. The monoisotopic (exact) mass is 540 g/mol. The lowest BCUT2D eigenvalue weighted by atomic mass is 9.87. The van der Waals surface area contributed by atoms with Crippen molar-refractivity contribution in [3.63, 3.8) is 0 Å². The van der Waals surface area contributed by atoms with E-state index in [4.69, 9.17) is 26.3 Å². The molecule has 0 N–H and O–H groups in total. The molecule has 1 aromatic carbocycles. The van der Waals surface area contributed by atoms with Crippen LogP contribution in [0.5, 0.6) is 0 Å². The summed E-state index contributed by atoms with van der Waals surface area (Å²) in [4.78, 5) is 25.8. The molecule has 9 nitrogen and oxygen atoms in total. The first-order valence-electron chi connectivity index (χ1n) is 12.4. The van der Waals surface area contributed by atoms with E-state index in [0.29, 0.717) is 37.0 Å². The van der Waals surface area contributed by atoms with E-state index in [-0.39, 0.29) is 5.91 Å². The minimum atomic E-state index is -1.34. The number of halogens is 1. The van der Waals surface area contributed by atoms with Gasteiger partial charge in [0.15, 0.2) is 5.69 Å². The number of rotatable bonds is 3. The van der Waals surface area contributed by atoms with E-state index in [9.17, 15) is 9.00 Å². The Morgan fingerprint density at radius 2 is 2.05 bits per heavy atom. The van der Waals surface area contributed by atoms with E-state index in [2.05, 4.69) is 16.1 Å². The summed E-state index contributed by atoms with van der Waals surface area (Å²) in [6.45, 7) is 2.37. The van der Waals surface area contributed by atoms with Gasteiger partial charge < -0.3 is 14.5 Å². The Hall–Kier alpha value is -2.82. The number of aromatic nitrogens is 4. The molecule has 3 aliphatic rings. The van der Waals surface area contributed by atoms with Crippen LogP contribution < -0.4 is 4.90 Å². The van der Waals surface area contributed by atoms with Gasteiger partial charge in [-0.25, -0.2) is 9.97 Å². The zero-order chi connectivity index (χ0) is 25.9. The van der Waals surface area contributed by atoms with Crippen LogP contribution in [0.15, 0.2) is 29.4 Å². The topological polar surface area (TPSA) is 93.5 Å². The molecule has 6 rings (SSSR count). The largest absolute Gasteiger partial charge is 0.365 e. The van der Waals surface area contributed by atoms with E-state index >= 15 is 0 Å². The van der Waals surface area contributed by atoms with Crippen molar-refractivity contribution >= 4 is 34.1 Å². The van der Waals surface area contributed by atoms with E-state index in [1.54, 1.807) is 20.4 Å². The Morgan fingerprint density at radius 1 is 1.22 bits per heavy atom. The molecule has 4 heterocycles. The minimum Gasteiger partial charge on any atom is -0.365 e. The molecule has 2 aliphatic heterocycles. The van der Waals surface area contributed by atoms with Crippen LogP contribution in [0.2, 0.25) is 5.02 Å². The number of hydrogen-bond acceptors (Lipinski definition) is 7. The van der Waals surface area contributed by atoms with Crippen molar-refractivity contribution in [2.24, 2.45) is 0 Å². The first kappa shape index (κ1) is 24.5. The van der Waals surface area contributed by atoms with Gasteiger partial charge in [0.1, 0.15) is 5.82 Å². The average Bonchev–Trinajstić information content (AvgIpc) is 3.38. The Kier molecular flexibility index (Phi) is 6.08. The Balaban J connectivity index is 1.38. The SMILES string of the molecule is CN(C)C(=O)c1cc2n(n1)CCCN(c1nc(S(C)=O)nc3c1CO[C@@]1(CCc4c(Cl)cccc41)C3)C2. The van der Waals surface area contributed by atoms with Gasteiger partial charge in [-0.1, -0.05) is 23.7 Å². The summed E-state index contributed by atoms with van der Waals surface area (Å²) >= 11 is 6.50. The molecule has 2 atom stereocenters. The highest BCUT2D eigenvalue weighted by atomic mass is 35.5. The summed E-state index contributed by atoms with van der Waals surface area (Å²) in [5.74, 6) is 0.635. The second-order valence-corrected chi connectivity index (χ2v) is 11.8. The molecule has 194 valence electrons. The number of anilines is 1. The van der Waals surface area contributed by atoms with Gasteiger partial charge in [-0.2, -0.15) is 5.10 Å². The van der Waals surface area contributed by atoms with E-state index in [1.165, 1.54) is 4.90 Å². The van der Waals surface area contributed by atoms with Crippen LogP contribution in [0.1, 0.15) is 51.4 Å². The highest BCUT2D eigenvalue weighted by Crippen LogP contribution is 2.48. The second-order valence-electron chi connectivity index (χ2n) is 10.2. The van der Waals surface area contributed by atoms with Gasteiger partial charge in [-0.05, 0) is 42.5 Å². The van der Waals surface area contributed by atoms with Crippen molar-refractivity contribution in [2.75, 3.05) is 31.8 Å². The normalized spacial score (nSPS) is 21.2. The number of nitrogens with zero attached hydrogens (tertiary/aromatic N) is 6. The molecular weight excluding hydrogens is 512 g/mol. The van der Waals surface area contributed by atoms with Crippen LogP contribution in [-0.4, -0.2) is 61.7 Å². The molecule has 1 amide bonds. The third-order valence-corrected chi connectivity index (χ3v) is 8.63. The number of benzene rings is 1. The molecule has 37 heavy (non-hydrogen) atoms. The molecular formula is C26H29ClN6O3S. The Bertz CT molecular complexity index is 1440. The van der Waals surface area contributed by atoms with E-state index in [0.717, 1.165) is 64.7 Å². The summed E-state index contributed by atoms with van der Waals surface area (Å²) < 4.78 is 21.1. The van der Waals surface area contributed by atoms with Gasteiger partial charge in [0.2, 0.25) is 5.16 Å². The van der Waals surface area contributed by atoms with Gasteiger partial charge >= 0.3 is 0 Å². The molecule has 0 saturated carbocycles. The van der Waals surface area contributed by atoms with E-state index in [1.807, 2.05) is 22.9 Å². The molecule has 0 bridgehead atoms. The number of aryl methyl sites for hydroxylation is 1. The fourth-order valence-electron chi connectivity index (χ4n) is 5.72. The minimum absolute atomic E-state index is 0.120. The van der Waals surface area contributed by atoms with Crippen molar-refractivity contribution in [2.45, 2.75) is 56.1 Å². The zero-order valence-electron chi connectivity index (χ0n) is 21.2. The fraction of sp³-hybridized carbons (Fsp3) is 0.462. The number of carbonyl (C=O) groups is 1. The quantitative estimate of drug-likeness (QED) is 0.471. The zero-order valence-corrected chi connectivity index (χ0v) is 22.7. The molecule has 0 radical (unpaired) electrons. The summed E-state index contributed by atoms with van der Waals surface area (Å²) in [7, 11) is 2.11. The van der Waals surface area contributed by atoms with Crippen molar-refractivity contribution < 1.29 is 13.7 Å². The highest BCUT2D eigenvalue weighted by Gasteiger charge is 2.45. The molecule has 0 saturated heterocycles.